The maximum absolute atomic E-state index is 13.0. The van der Waals surface area contributed by atoms with E-state index in [9.17, 15) is 4.39 Å². The molecular weight excluding hydrogens is 181 g/mol. The minimum absolute atomic E-state index is 0.360. The summed E-state index contributed by atoms with van der Waals surface area (Å²) in [5, 5.41) is 0. The van der Waals surface area contributed by atoms with Gasteiger partial charge in [0.15, 0.2) is 0 Å². The average Bonchev–Trinajstić information content (AvgIpc) is 2.48. The third kappa shape index (κ3) is 2.09. The Labute approximate surface area is 85.4 Å². The molecule has 1 unspecified atom stereocenters. The Morgan fingerprint density at radius 3 is 2.71 bits per heavy atom. The Kier molecular flexibility index (Phi) is 3.07. The van der Waals surface area contributed by atoms with Crippen molar-refractivity contribution in [2.75, 3.05) is 33.4 Å². The summed E-state index contributed by atoms with van der Waals surface area (Å²) in [6.07, 6.45) is 3.97. The van der Waals surface area contributed by atoms with Crippen molar-refractivity contribution in [3.63, 3.8) is 0 Å². The number of likely N-dealkylation sites (tertiary alicyclic amines) is 1. The number of rotatable bonds is 4. The van der Waals surface area contributed by atoms with Crippen LogP contribution in [0.4, 0.5) is 4.39 Å². The maximum Gasteiger partial charge on any atom is 0.114 e. The Bertz CT molecular complexity index is 194. The van der Waals surface area contributed by atoms with Gasteiger partial charge in [-0.2, -0.15) is 0 Å². The standard InChI is InChI=1S/C11H20FNO/c1-14-9-11(4-2-5-11)8-13-6-3-10(12)7-13/h10H,2-9H2,1H3. The maximum atomic E-state index is 13.0. The van der Waals surface area contributed by atoms with Gasteiger partial charge in [-0.3, -0.25) is 4.90 Å². The van der Waals surface area contributed by atoms with E-state index in [-0.39, 0.29) is 0 Å². The quantitative estimate of drug-likeness (QED) is 0.688. The van der Waals surface area contributed by atoms with Crippen molar-refractivity contribution in [2.45, 2.75) is 31.9 Å². The molecule has 2 fully saturated rings. The Morgan fingerprint density at radius 2 is 2.29 bits per heavy atom. The molecule has 1 saturated carbocycles. The van der Waals surface area contributed by atoms with Crippen LogP contribution in [0.15, 0.2) is 0 Å². The van der Waals surface area contributed by atoms with Gasteiger partial charge in [0.1, 0.15) is 6.17 Å². The van der Waals surface area contributed by atoms with Crippen LogP contribution in [0.5, 0.6) is 0 Å². The van der Waals surface area contributed by atoms with Gasteiger partial charge >= 0.3 is 0 Å². The van der Waals surface area contributed by atoms with E-state index in [4.69, 9.17) is 4.74 Å². The van der Waals surface area contributed by atoms with Gasteiger partial charge in [0.25, 0.3) is 0 Å². The van der Waals surface area contributed by atoms with Crippen LogP contribution < -0.4 is 0 Å². The second-order valence-electron chi connectivity index (χ2n) is 4.91. The predicted molar refractivity (Wildman–Crippen MR) is 54.1 cm³/mol. The Hall–Kier alpha value is -0.150. The summed E-state index contributed by atoms with van der Waals surface area (Å²) in [5.41, 5.74) is 0.360. The van der Waals surface area contributed by atoms with E-state index in [0.717, 1.165) is 26.1 Å². The largest absolute Gasteiger partial charge is 0.384 e. The highest BCUT2D eigenvalue weighted by Gasteiger charge is 2.39. The van der Waals surface area contributed by atoms with Crippen molar-refractivity contribution >= 4 is 0 Å². The molecule has 2 nitrogen and oxygen atoms in total. The zero-order valence-electron chi connectivity index (χ0n) is 8.97. The van der Waals surface area contributed by atoms with E-state index in [1.54, 1.807) is 7.11 Å². The summed E-state index contributed by atoms with van der Waals surface area (Å²) in [5.74, 6) is 0. The van der Waals surface area contributed by atoms with E-state index in [2.05, 4.69) is 4.90 Å². The fourth-order valence-corrected chi connectivity index (χ4v) is 2.73. The molecule has 0 N–H and O–H groups in total. The summed E-state index contributed by atoms with van der Waals surface area (Å²) < 4.78 is 18.2. The number of hydrogen-bond acceptors (Lipinski definition) is 2. The Morgan fingerprint density at radius 1 is 1.50 bits per heavy atom. The van der Waals surface area contributed by atoms with E-state index in [1.165, 1.54) is 19.3 Å². The first-order valence-electron chi connectivity index (χ1n) is 5.59. The van der Waals surface area contributed by atoms with Gasteiger partial charge in [0.2, 0.25) is 0 Å². The zero-order valence-corrected chi connectivity index (χ0v) is 8.97. The van der Waals surface area contributed by atoms with Crippen molar-refractivity contribution < 1.29 is 9.13 Å². The van der Waals surface area contributed by atoms with E-state index >= 15 is 0 Å². The van der Waals surface area contributed by atoms with Crippen molar-refractivity contribution in [3.8, 4) is 0 Å². The molecular formula is C11H20FNO. The van der Waals surface area contributed by atoms with Gasteiger partial charge in [-0.25, -0.2) is 4.39 Å². The SMILES string of the molecule is COCC1(CN2CCC(F)C2)CCC1. The lowest BCUT2D eigenvalue weighted by Gasteiger charge is -2.43. The molecule has 2 aliphatic rings. The monoisotopic (exact) mass is 201 g/mol. The number of methoxy groups -OCH3 is 1. The lowest BCUT2D eigenvalue weighted by atomic mass is 9.69. The van der Waals surface area contributed by atoms with E-state index in [1.807, 2.05) is 0 Å². The van der Waals surface area contributed by atoms with Crippen LogP contribution in [-0.4, -0.2) is 44.4 Å². The molecule has 2 rings (SSSR count). The van der Waals surface area contributed by atoms with E-state index in [0.29, 0.717) is 12.0 Å². The van der Waals surface area contributed by atoms with Crippen LogP contribution in [0.3, 0.4) is 0 Å². The van der Waals surface area contributed by atoms with Crippen molar-refractivity contribution in [3.05, 3.63) is 0 Å². The van der Waals surface area contributed by atoms with Crippen LogP contribution in [-0.2, 0) is 4.74 Å². The van der Waals surface area contributed by atoms with Gasteiger partial charge in [-0.15, -0.1) is 0 Å². The van der Waals surface area contributed by atoms with Gasteiger partial charge in [0.05, 0.1) is 6.61 Å². The van der Waals surface area contributed by atoms with E-state index < -0.39 is 6.17 Å². The average molecular weight is 201 g/mol. The van der Waals surface area contributed by atoms with Crippen LogP contribution in [0.25, 0.3) is 0 Å². The summed E-state index contributed by atoms with van der Waals surface area (Å²) in [6.45, 7) is 3.47. The summed E-state index contributed by atoms with van der Waals surface area (Å²) in [7, 11) is 1.77. The van der Waals surface area contributed by atoms with Gasteiger partial charge in [-0.05, 0) is 19.3 Å². The topological polar surface area (TPSA) is 12.5 Å². The smallest absolute Gasteiger partial charge is 0.114 e. The van der Waals surface area contributed by atoms with Crippen molar-refractivity contribution in [1.29, 1.82) is 0 Å². The van der Waals surface area contributed by atoms with Gasteiger partial charge in [-0.1, -0.05) is 6.42 Å². The molecule has 1 aliphatic carbocycles. The molecule has 0 bridgehead atoms. The first-order valence-corrected chi connectivity index (χ1v) is 5.59. The number of hydrogen-bond donors (Lipinski definition) is 0. The second-order valence-corrected chi connectivity index (χ2v) is 4.91. The van der Waals surface area contributed by atoms with Gasteiger partial charge < -0.3 is 4.74 Å². The molecule has 82 valence electrons. The number of halogens is 1. The van der Waals surface area contributed by atoms with Crippen LogP contribution in [0.1, 0.15) is 25.7 Å². The molecule has 0 amide bonds. The predicted octanol–water partition coefficient (Wildman–Crippen LogP) is 1.85. The molecule has 14 heavy (non-hydrogen) atoms. The summed E-state index contributed by atoms with van der Waals surface area (Å²) >= 11 is 0. The fourth-order valence-electron chi connectivity index (χ4n) is 2.73. The molecule has 0 radical (unpaired) electrons. The highest BCUT2D eigenvalue weighted by atomic mass is 19.1. The molecule has 1 heterocycles. The third-order valence-corrected chi connectivity index (χ3v) is 3.64. The van der Waals surface area contributed by atoms with Crippen LogP contribution >= 0.6 is 0 Å². The van der Waals surface area contributed by atoms with Crippen LogP contribution in [0.2, 0.25) is 0 Å². The van der Waals surface area contributed by atoms with Gasteiger partial charge in [0, 0.05) is 32.2 Å². The lowest BCUT2D eigenvalue weighted by Crippen LogP contribution is -2.44. The Balaban J connectivity index is 1.82. The number of nitrogens with zero attached hydrogens (tertiary/aromatic N) is 1. The molecule has 1 aliphatic heterocycles. The molecule has 0 aromatic heterocycles. The second kappa shape index (κ2) is 4.15. The summed E-state index contributed by atoms with van der Waals surface area (Å²) in [4.78, 5) is 2.27. The highest BCUT2D eigenvalue weighted by Crippen LogP contribution is 2.42. The fraction of sp³-hybridized carbons (Fsp3) is 1.00. The highest BCUT2D eigenvalue weighted by molar-refractivity contribution is 4.92. The zero-order chi connectivity index (χ0) is 10.0. The van der Waals surface area contributed by atoms with Crippen molar-refractivity contribution in [1.82, 2.24) is 4.90 Å². The normalized spacial score (nSPS) is 31.7. The minimum atomic E-state index is -0.588. The number of ether oxygens (including phenoxy) is 1. The molecule has 3 heteroatoms. The first-order chi connectivity index (χ1) is 6.74. The lowest BCUT2D eigenvalue weighted by molar-refractivity contribution is -0.00770. The molecule has 0 aromatic rings. The number of alkyl halides is 1. The van der Waals surface area contributed by atoms with Crippen molar-refractivity contribution in [2.24, 2.45) is 5.41 Å². The minimum Gasteiger partial charge on any atom is -0.384 e. The first kappa shape index (κ1) is 10.4. The third-order valence-electron chi connectivity index (χ3n) is 3.64. The molecule has 1 atom stereocenters. The molecule has 1 saturated heterocycles. The summed E-state index contributed by atoms with van der Waals surface area (Å²) in [6, 6.07) is 0. The molecule has 0 spiro atoms. The van der Waals surface area contributed by atoms with Crippen LogP contribution in [0, 0.1) is 5.41 Å². The molecule has 0 aromatic carbocycles.